The van der Waals surface area contributed by atoms with Gasteiger partial charge in [0.2, 0.25) is 0 Å². The topological polar surface area (TPSA) is 102 Å². The van der Waals surface area contributed by atoms with Crippen LogP contribution in [0.4, 0.5) is 0 Å². The van der Waals surface area contributed by atoms with E-state index in [9.17, 15) is 9.59 Å². The van der Waals surface area contributed by atoms with Crippen LogP contribution in [-0.2, 0) is 13.7 Å². The van der Waals surface area contributed by atoms with Gasteiger partial charge in [-0.25, -0.2) is 9.78 Å². The highest BCUT2D eigenvalue weighted by Gasteiger charge is 2.14. The molecule has 0 fully saturated rings. The lowest BCUT2D eigenvalue weighted by Crippen LogP contribution is -2.28. The van der Waals surface area contributed by atoms with Crippen molar-refractivity contribution in [2.24, 2.45) is 7.05 Å². The average molecular weight is 378 g/mol. The molecule has 0 saturated heterocycles. The van der Waals surface area contributed by atoms with Gasteiger partial charge in [-0.05, 0) is 23.8 Å². The molecule has 2 aromatic heterocycles. The molecule has 4 aromatic rings. The fourth-order valence-electron chi connectivity index (χ4n) is 2.91. The number of hydrogen-bond donors (Lipinski definition) is 2. The van der Waals surface area contributed by atoms with E-state index in [0.717, 1.165) is 5.56 Å². The molecule has 0 atom stereocenters. The van der Waals surface area contributed by atoms with E-state index in [1.54, 1.807) is 26.3 Å². The quantitative estimate of drug-likeness (QED) is 0.554. The van der Waals surface area contributed by atoms with Gasteiger partial charge >= 0.3 is 5.69 Å². The number of ether oxygens (including phenoxy) is 2. The molecular weight excluding hydrogens is 360 g/mol. The number of nitrogens with zero attached hydrogens (tertiary/aromatic N) is 2. The fourth-order valence-corrected chi connectivity index (χ4v) is 2.91. The summed E-state index contributed by atoms with van der Waals surface area (Å²) in [5.41, 5.74) is 1.25. The van der Waals surface area contributed by atoms with E-state index in [0.29, 0.717) is 29.5 Å². The van der Waals surface area contributed by atoms with Crippen LogP contribution in [0, 0.1) is 0 Å². The highest BCUT2D eigenvalue weighted by atomic mass is 16.5. The molecule has 0 aliphatic rings. The van der Waals surface area contributed by atoms with E-state index in [-0.39, 0.29) is 11.2 Å². The third-order valence-electron chi connectivity index (χ3n) is 4.43. The van der Waals surface area contributed by atoms with Gasteiger partial charge in [0.25, 0.3) is 5.56 Å². The van der Waals surface area contributed by atoms with E-state index in [1.807, 2.05) is 36.4 Å². The Kier molecular flexibility index (Phi) is 4.44. The number of H-pyrrole nitrogens is 2. The maximum Gasteiger partial charge on any atom is 0.329 e. The molecule has 8 heteroatoms. The number of nitrogens with one attached hydrogen (secondary N) is 2. The largest absolute Gasteiger partial charge is 0.493 e. The van der Waals surface area contributed by atoms with Gasteiger partial charge in [-0.2, -0.15) is 0 Å². The molecular formula is C20H18N4O4. The van der Waals surface area contributed by atoms with Gasteiger partial charge < -0.3 is 14.5 Å². The van der Waals surface area contributed by atoms with Crippen LogP contribution in [-0.4, -0.2) is 26.6 Å². The lowest BCUT2D eigenvalue weighted by atomic mass is 10.2. The first-order chi connectivity index (χ1) is 13.6. The zero-order valence-electron chi connectivity index (χ0n) is 15.4. The van der Waals surface area contributed by atoms with E-state index < -0.39 is 11.2 Å². The van der Waals surface area contributed by atoms with Crippen molar-refractivity contribution >= 4 is 11.2 Å². The van der Waals surface area contributed by atoms with Crippen molar-refractivity contribution in [2.75, 3.05) is 7.11 Å². The predicted octanol–water partition coefficient (Wildman–Crippen LogP) is 2.20. The summed E-state index contributed by atoms with van der Waals surface area (Å²) >= 11 is 0. The van der Waals surface area contributed by atoms with Crippen LogP contribution in [0.3, 0.4) is 0 Å². The second-order valence-electron chi connectivity index (χ2n) is 6.24. The number of rotatable bonds is 5. The molecule has 0 bridgehead atoms. The van der Waals surface area contributed by atoms with Crippen LogP contribution in [0.15, 0.2) is 58.1 Å². The van der Waals surface area contributed by atoms with Crippen molar-refractivity contribution < 1.29 is 9.47 Å². The molecule has 0 aliphatic carbocycles. The lowest BCUT2D eigenvalue weighted by molar-refractivity contribution is 0.284. The number of aromatic nitrogens is 4. The van der Waals surface area contributed by atoms with Crippen molar-refractivity contribution in [1.82, 2.24) is 19.5 Å². The van der Waals surface area contributed by atoms with Crippen molar-refractivity contribution in [3.8, 4) is 22.9 Å². The third-order valence-corrected chi connectivity index (χ3v) is 4.43. The molecule has 2 aromatic carbocycles. The minimum absolute atomic E-state index is 0.237. The summed E-state index contributed by atoms with van der Waals surface area (Å²) < 4.78 is 12.6. The predicted molar refractivity (Wildman–Crippen MR) is 105 cm³/mol. The molecule has 2 heterocycles. The highest BCUT2D eigenvalue weighted by molar-refractivity contribution is 5.76. The number of benzene rings is 2. The number of fused-ring (bicyclic) bond motifs is 1. The third kappa shape index (κ3) is 3.16. The molecule has 2 N–H and O–H groups in total. The van der Waals surface area contributed by atoms with Crippen LogP contribution < -0.4 is 20.7 Å². The average Bonchev–Trinajstić information content (AvgIpc) is 3.17. The molecule has 0 saturated carbocycles. The molecule has 0 unspecified atom stereocenters. The van der Waals surface area contributed by atoms with E-state index in [2.05, 4.69) is 15.0 Å². The molecule has 0 radical (unpaired) electrons. The van der Waals surface area contributed by atoms with Gasteiger partial charge in [-0.15, -0.1) is 0 Å². The maximum atomic E-state index is 12.0. The van der Waals surface area contributed by atoms with E-state index in [1.165, 1.54) is 4.57 Å². The van der Waals surface area contributed by atoms with Gasteiger partial charge in [-0.1, -0.05) is 30.3 Å². The number of aryl methyl sites for hydroxylation is 1. The van der Waals surface area contributed by atoms with Gasteiger partial charge in [0.1, 0.15) is 17.9 Å². The molecule has 0 amide bonds. The lowest BCUT2D eigenvalue weighted by Gasteiger charge is -2.11. The summed E-state index contributed by atoms with van der Waals surface area (Å²) in [5, 5.41) is 0. The van der Waals surface area contributed by atoms with Gasteiger partial charge in [-0.3, -0.25) is 14.3 Å². The molecule has 0 spiro atoms. The van der Waals surface area contributed by atoms with Gasteiger partial charge in [0.05, 0.1) is 7.11 Å². The number of imidazole rings is 1. The number of hydrogen-bond acceptors (Lipinski definition) is 5. The Balaban J connectivity index is 1.68. The van der Waals surface area contributed by atoms with Crippen LogP contribution in [0.25, 0.3) is 22.6 Å². The van der Waals surface area contributed by atoms with Gasteiger partial charge in [0, 0.05) is 12.6 Å². The standard InChI is InChI=1S/C20H18N4O4/c1-24-18-16(19(25)23-20(24)26)21-17(22-18)13-8-9-14(15(10-13)27-2)28-11-12-6-4-3-5-7-12/h3-10H,11H2,1-2H3,(H,21,22)(H,23,25,26). The van der Waals surface area contributed by atoms with Crippen molar-refractivity contribution in [1.29, 1.82) is 0 Å². The molecule has 4 rings (SSSR count). The molecule has 0 aliphatic heterocycles. The maximum absolute atomic E-state index is 12.0. The number of aromatic amines is 2. The van der Waals surface area contributed by atoms with Crippen molar-refractivity contribution in [2.45, 2.75) is 6.61 Å². The Morgan fingerprint density at radius 1 is 1.04 bits per heavy atom. The normalized spacial score (nSPS) is 10.9. The summed E-state index contributed by atoms with van der Waals surface area (Å²) in [7, 11) is 3.11. The SMILES string of the molecule is COc1cc(-c2nc3c([nH]2)c(=O)[nH]c(=O)n3C)ccc1OCc1ccccc1. The summed E-state index contributed by atoms with van der Waals surface area (Å²) in [6, 6.07) is 15.2. The van der Waals surface area contributed by atoms with Crippen LogP contribution in [0.1, 0.15) is 5.56 Å². The zero-order valence-corrected chi connectivity index (χ0v) is 15.4. The van der Waals surface area contributed by atoms with Crippen LogP contribution >= 0.6 is 0 Å². The first-order valence-corrected chi connectivity index (χ1v) is 8.61. The highest BCUT2D eigenvalue weighted by Crippen LogP contribution is 2.32. The minimum Gasteiger partial charge on any atom is -0.493 e. The smallest absolute Gasteiger partial charge is 0.329 e. The summed E-state index contributed by atoms with van der Waals surface area (Å²) in [6.45, 7) is 0.415. The van der Waals surface area contributed by atoms with E-state index in [4.69, 9.17) is 9.47 Å². The van der Waals surface area contributed by atoms with E-state index >= 15 is 0 Å². The first-order valence-electron chi connectivity index (χ1n) is 8.61. The second kappa shape index (κ2) is 7.07. The van der Waals surface area contributed by atoms with Crippen molar-refractivity contribution in [3.63, 3.8) is 0 Å². The second-order valence-corrected chi connectivity index (χ2v) is 6.24. The fraction of sp³-hybridized carbons (Fsp3) is 0.150. The Hall–Kier alpha value is -3.81. The zero-order chi connectivity index (χ0) is 19.7. The van der Waals surface area contributed by atoms with Crippen LogP contribution in [0.5, 0.6) is 11.5 Å². The first kappa shape index (κ1) is 17.6. The molecule has 142 valence electrons. The van der Waals surface area contributed by atoms with Gasteiger partial charge in [0.15, 0.2) is 17.1 Å². The number of methoxy groups -OCH3 is 1. The van der Waals surface area contributed by atoms with Crippen molar-refractivity contribution in [3.05, 3.63) is 74.9 Å². The Morgan fingerprint density at radius 3 is 2.57 bits per heavy atom. The molecule has 8 nitrogen and oxygen atoms in total. The Morgan fingerprint density at radius 2 is 1.82 bits per heavy atom. The Labute approximate surface area is 159 Å². The van der Waals surface area contributed by atoms with Crippen LogP contribution in [0.2, 0.25) is 0 Å². The summed E-state index contributed by atoms with van der Waals surface area (Å²) in [5.74, 6) is 1.59. The molecule has 28 heavy (non-hydrogen) atoms. The summed E-state index contributed by atoms with van der Waals surface area (Å²) in [6.07, 6.45) is 0. The summed E-state index contributed by atoms with van der Waals surface area (Å²) in [4.78, 5) is 33.4. The minimum atomic E-state index is -0.516. The monoisotopic (exact) mass is 378 g/mol. The Bertz CT molecular complexity index is 1250.